The van der Waals surface area contributed by atoms with Crippen LogP contribution in [-0.4, -0.2) is 56.2 Å². The zero-order chi connectivity index (χ0) is 24.5. The average molecular weight is 464 g/mol. The third-order valence-electron chi connectivity index (χ3n) is 5.41. The van der Waals surface area contributed by atoms with E-state index in [4.69, 9.17) is 14.2 Å². The van der Waals surface area contributed by atoms with Crippen molar-refractivity contribution in [1.29, 1.82) is 0 Å². The number of carbonyl (C=O) groups excluding carboxylic acids is 4. The molecule has 1 unspecified atom stereocenters. The standard InChI is InChI=1S/C23H33N3O7/c1-13(2)19(25-21(28)15-10-17(31-4)12-18(11-15)32-5)22(29)33-14(3)20(27)26-23(30)24-16-8-6-7-9-16/h10-14,16,19H,6-9H2,1-5H3,(H,25,28)(H2,24,26,27,30)/t14?,19-/m0/s1. The van der Waals surface area contributed by atoms with Gasteiger partial charge in [-0.05, 0) is 37.8 Å². The summed E-state index contributed by atoms with van der Waals surface area (Å²) in [5.74, 6) is -1.54. The Morgan fingerprint density at radius 3 is 2.03 bits per heavy atom. The highest BCUT2D eigenvalue weighted by Gasteiger charge is 2.30. The number of benzene rings is 1. The van der Waals surface area contributed by atoms with Gasteiger partial charge in [0.2, 0.25) is 0 Å². The van der Waals surface area contributed by atoms with Crippen LogP contribution in [0, 0.1) is 5.92 Å². The molecule has 33 heavy (non-hydrogen) atoms. The lowest BCUT2D eigenvalue weighted by molar-refractivity contribution is -0.157. The molecule has 0 aliphatic heterocycles. The second kappa shape index (κ2) is 12.1. The highest BCUT2D eigenvalue weighted by Crippen LogP contribution is 2.23. The SMILES string of the molecule is COc1cc(OC)cc(C(=O)N[C@H](C(=O)OC(C)C(=O)NC(=O)NC2CCCC2)C(C)C)c1. The molecule has 0 heterocycles. The predicted octanol–water partition coefficient (Wildman–Crippen LogP) is 2.16. The molecule has 1 saturated carbocycles. The molecule has 0 radical (unpaired) electrons. The largest absolute Gasteiger partial charge is 0.497 e. The van der Waals surface area contributed by atoms with Crippen LogP contribution in [0.15, 0.2) is 18.2 Å². The fourth-order valence-electron chi connectivity index (χ4n) is 3.47. The van der Waals surface area contributed by atoms with Gasteiger partial charge in [0.1, 0.15) is 17.5 Å². The smallest absolute Gasteiger partial charge is 0.329 e. The first-order valence-corrected chi connectivity index (χ1v) is 11.0. The first kappa shape index (κ1) is 26.0. The molecular formula is C23H33N3O7. The third-order valence-corrected chi connectivity index (χ3v) is 5.41. The number of amides is 4. The van der Waals surface area contributed by atoms with E-state index < -0.39 is 36.0 Å². The number of hydrogen-bond acceptors (Lipinski definition) is 7. The van der Waals surface area contributed by atoms with Crippen molar-refractivity contribution in [3.8, 4) is 11.5 Å². The van der Waals surface area contributed by atoms with Gasteiger partial charge in [0.15, 0.2) is 6.10 Å². The Morgan fingerprint density at radius 1 is 0.939 bits per heavy atom. The first-order valence-electron chi connectivity index (χ1n) is 11.0. The van der Waals surface area contributed by atoms with Crippen molar-refractivity contribution in [3.63, 3.8) is 0 Å². The molecule has 0 spiro atoms. The summed E-state index contributed by atoms with van der Waals surface area (Å²) >= 11 is 0. The van der Waals surface area contributed by atoms with Crippen molar-refractivity contribution >= 4 is 23.8 Å². The minimum atomic E-state index is -1.22. The van der Waals surface area contributed by atoms with Gasteiger partial charge >= 0.3 is 12.0 Å². The van der Waals surface area contributed by atoms with E-state index in [0.29, 0.717) is 11.5 Å². The van der Waals surface area contributed by atoms with Gasteiger partial charge in [-0.25, -0.2) is 9.59 Å². The molecule has 10 nitrogen and oxygen atoms in total. The van der Waals surface area contributed by atoms with Crippen LogP contribution in [-0.2, 0) is 14.3 Å². The fraction of sp³-hybridized carbons (Fsp3) is 0.565. The molecule has 182 valence electrons. The van der Waals surface area contributed by atoms with E-state index in [0.717, 1.165) is 25.7 Å². The lowest BCUT2D eigenvalue weighted by Gasteiger charge is -2.23. The van der Waals surface area contributed by atoms with Crippen LogP contribution < -0.4 is 25.4 Å². The lowest BCUT2D eigenvalue weighted by Crippen LogP contribution is -2.50. The summed E-state index contributed by atoms with van der Waals surface area (Å²) in [6, 6.07) is 3.06. The molecule has 1 aromatic rings. The number of hydrogen-bond donors (Lipinski definition) is 3. The molecule has 2 atom stereocenters. The average Bonchev–Trinajstić information content (AvgIpc) is 3.29. The summed E-state index contributed by atoms with van der Waals surface area (Å²) in [5.41, 5.74) is 0.235. The Bertz CT molecular complexity index is 843. The molecule has 1 aliphatic rings. The van der Waals surface area contributed by atoms with Gasteiger partial charge in [0.05, 0.1) is 14.2 Å². The van der Waals surface area contributed by atoms with Crippen molar-refractivity contribution in [1.82, 2.24) is 16.0 Å². The van der Waals surface area contributed by atoms with Crippen LogP contribution in [0.2, 0.25) is 0 Å². The third kappa shape index (κ3) is 7.65. The van der Waals surface area contributed by atoms with Gasteiger partial charge in [0, 0.05) is 17.7 Å². The van der Waals surface area contributed by atoms with E-state index in [1.54, 1.807) is 19.9 Å². The number of urea groups is 1. The fourth-order valence-corrected chi connectivity index (χ4v) is 3.47. The van der Waals surface area contributed by atoms with Crippen molar-refractivity contribution in [2.75, 3.05) is 14.2 Å². The normalized spacial score (nSPS) is 15.3. The molecule has 3 N–H and O–H groups in total. The van der Waals surface area contributed by atoms with E-state index in [2.05, 4.69) is 16.0 Å². The zero-order valence-electron chi connectivity index (χ0n) is 19.7. The van der Waals surface area contributed by atoms with Crippen LogP contribution in [0.1, 0.15) is 56.8 Å². The highest BCUT2D eigenvalue weighted by molar-refractivity contribution is 5.99. The second-order valence-corrected chi connectivity index (χ2v) is 8.32. The molecule has 1 aliphatic carbocycles. The second-order valence-electron chi connectivity index (χ2n) is 8.32. The number of esters is 1. The highest BCUT2D eigenvalue weighted by atomic mass is 16.5. The number of rotatable bonds is 9. The molecule has 2 rings (SSSR count). The van der Waals surface area contributed by atoms with Gasteiger partial charge in [-0.15, -0.1) is 0 Å². The Hall–Kier alpha value is -3.30. The number of ether oxygens (including phenoxy) is 3. The van der Waals surface area contributed by atoms with Crippen molar-refractivity contribution < 1.29 is 33.4 Å². The molecule has 4 amide bonds. The van der Waals surface area contributed by atoms with Crippen molar-refractivity contribution in [2.24, 2.45) is 5.92 Å². The van der Waals surface area contributed by atoms with Crippen LogP contribution in [0.4, 0.5) is 4.79 Å². The van der Waals surface area contributed by atoms with E-state index >= 15 is 0 Å². The van der Waals surface area contributed by atoms with E-state index in [9.17, 15) is 19.2 Å². The molecule has 1 aromatic carbocycles. The summed E-state index contributed by atoms with van der Waals surface area (Å²) in [5, 5.41) is 7.56. The maximum Gasteiger partial charge on any atom is 0.329 e. The van der Waals surface area contributed by atoms with E-state index in [-0.39, 0.29) is 17.5 Å². The quantitative estimate of drug-likeness (QED) is 0.478. The molecular weight excluding hydrogens is 430 g/mol. The molecule has 0 bridgehead atoms. The van der Waals surface area contributed by atoms with Crippen LogP contribution in [0.25, 0.3) is 0 Å². The zero-order valence-corrected chi connectivity index (χ0v) is 19.7. The summed E-state index contributed by atoms with van der Waals surface area (Å²) in [6.07, 6.45) is 2.61. The Kier molecular flexibility index (Phi) is 9.50. The molecule has 1 fully saturated rings. The predicted molar refractivity (Wildman–Crippen MR) is 120 cm³/mol. The summed E-state index contributed by atoms with van der Waals surface area (Å²) in [4.78, 5) is 49.7. The van der Waals surface area contributed by atoms with Gasteiger partial charge in [-0.1, -0.05) is 26.7 Å². The summed E-state index contributed by atoms with van der Waals surface area (Å²) in [7, 11) is 2.93. The van der Waals surface area contributed by atoms with Gasteiger partial charge in [0.25, 0.3) is 11.8 Å². The molecule has 0 aromatic heterocycles. The van der Waals surface area contributed by atoms with E-state index in [1.165, 1.54) is 33.3 Å². The van der Waals surface area contributed by atoms with Gasteiger partial charge in [-0.2, -0.15) is 0 Å². The summed E-state index contributed by atoms with van der Waals surface area (Å²) < 4.78 is 15.6. The maximum atomic E-state index is 12.8. The van der Waals surface area contributed by atoms with Crippen LogP contribution >= 0.6 is 0 Å². The van der Waals surface area contributed by atoms with Gasteiger partial charge in [-0.3, -0.25) is 14.9 Å². The summed E-state index contributed by atoms with van der Waals surface area (Å²) in [6.45, 7) is 4.83. The minimum absolute atomic E-state index is 0.0476. The first-order chi connectivity index (χ1) is 15.6. The van der Waals surface area contributed by atoms with E-state index in [1.807, 2.05) is 0 Å². The number of nitrogens with one attached hydrogen (secondary N) is 3. The number of imide groups is 1. The monoisotopic (exact) mass is 463 g/mol. The maximum absolute atomic E-state index is 12.8. The minimum Gasteiger partial charge on any atom is -0.497 e. The molecule has 10 heteroatoms. The van der Waals surface area contributed by atoms with Crippen molar-refractivity contribution in [3.05, 3.63) is 23.8 Å². The van der Waals surface area contributed by atoms with Crippen LogP contribution in [0.5, 0.6) is 11.5 Å². The Morgan fingerprint density at radius 2 is 1.52 bits per heavy atom. The Labute approximate surface area is 193 Å². The van der Waals surface area contributed by atoms with Crippen LogP contribution in [0.3, 0.4) is 0 Å². The number of methoxy groups -OCH3 is 2. The van der Waals surface area contributed by atoms with Gasteiger partial charge < -0.3 is 24.8 Å². The number of carbonyl (C=O) groups is 4. The molecule has 0 saturated heterocycles. The lowest BCUT2D eigenvalue weighted by atomic mass is 10.0. The van der Waals surface area contributed by atoms with Crippen molar-refractivity contribution in [2.45, 2.75) is 64.6 Å². The topological polar surface area (TPSA) is 132 Å². The Balaban J connectivity index is 1.97.